The summed E-state index contributed by atoms with van der Waals surface area (Å²) in [5.41, 5.74) is -5.92. The van der Waals surface area contributed by atoms with Crippen molar-refractivity contribution >= 4 is 39.3 Å². The Morgan fingerprint density at radius 3 is 2.19 bits per heavy atom. The van der Waals surface area contributed by atoms with E-state index in [2.05, 4.69) is 4.18 Å². The van der Waals surface area contributed by atoms with Gasteiger partial charge in [-0.2, -0.15) is 21.6 Å². The highest BCUT2D eigenvalue weighted by molar-refractivity contribution is 7.87. The Morgan fingerprint density at radius 1 is 0.861 bits per heavy atom. The summed E-state index contributed by atoms with van der Waals surface area (Å²) in [5.74, 6) is -5.76. The van der Waals surface area contributed by atoms with Crippen LogP contribution in [0.25, 0.3) is 0 Å². The number of hydrogen-bond acceptors (Lipinski definition) is 14. The molecule has 1 N–H and O–H groups in total. The van der Waals surface area contributed by atoms with Crippen LogP contribution in [0.3, 0.4) is 0 Å². The Hall–Kier alpha value is -3.59. The lowest BCUT2D eigenvalue weighted by atomic mass is 9.78. The molecule has 0 spiro atoms. The summed E-state index contributed by atoms with van der Waals surface area (Å²) in [4.78, 5) is 72.6. The standard InChI is InChI=1S/C53H80F3NO14S/c1-31-17-13-12-14-18-32(2)43(66-9)29-39-22-20-37(7)52(8,70-39)49(61)50(62)57-24-16-15-19-40(57)51(63)69-44(30-41(58)33(3)26-36(6)47(60)48(68-11)46(59)35(5)25-31)34(4)27-38-21-23-42(45(28-38)67-10)71-72(64,65)53(54,55)56/h12-14,17-18,26,31,33-35,37-40,42-45,47-48,60H,15-16,19-25,27-30H2,1-11H3/b14-12+,17-13+,32-18+,36-26+/t31-,33-,34+,35-,37-,38?,39+,40+,42?,43+,44+,45?,47?,48+,52-/m1/s1. The normalized spacial score (nSPS) is 38.1. The number of cyclic esters (lactones) is 1. The first-order valence-electron chi connectivity index (χ1n) is 25.4. The molecule has 0 aromatic carbocycles. The number of rotatable bonds is 8. The van der Waals surface area contributed by atoms with Crippen molar-refractivity contribution in [3.05, 3.63) is 47.6 Å². The quantitative estimate of drug-likeness (QED) is 0.0804. The number of piperidine rings is 1. The predicted molar refractivity (Wildman–Crippen MR) is 262 cm³/mol. The fourth-order valence-electron chi connectivity index (χ4n) is 10.7. The van der Waals surface area contributed by atoms with Gasteiger partial charge >= 0.3 is 21.6 Å². The first kappa shape index (κ1) is 61.0. The van der Waals surface area contributed by atoms with Crippen LogP contribution in [-0.2, 0) is 62.0 Å². The first-order chi connectivity index (χ1) is 33.7. The third-order valence-corrected chi connectivity index (χ3v) is 16.5. The van der Waals surface area contributed by atoms with Crippen molar-refractivity contribution in [3.8, 4) is 0 Å². The summed E-state index contributed by atoms with van der Waals surface area (Å²) in [6, 6.07) is -1.17. The van der Waals surface area contributed by atoms with Gasteiger partial charge in [-0.1, -0.05) is 71.1 Å². The minimum atomic E-state index is -5.90. The largest absolute Gasteiger partial charge is 0.523 e. The number of halogens is 3. The molecule has 1 amide bonds. The number of nitrogens with zero attached hydrogens (tertiary/aromatic N) is 1. The Kier molecular flexibility index (Phi) is 22.7. The Bertz CT molecular complexity index is 2120. The van der Waals surface area contributed by atoms with Crippen molar-refractivity contribution in [1.82, 2.24) is 4.90 Å². The molecule has 4 rings (SSSR count). The van der Waals surface area contributed by atoms with Gasteiger partial charge in [0.2, 0.25) is 0 Å². The molecular formula is C53H80F3NO14S. The number of allylic oxidation sites excluding steroid dienone is 6. The molecule has 15 nitrogen and oxygen atoms in total. The number of amides is 1. The number of fused-ring (bicyclic) bond motifs is 3. The molecule has 72 heavy (non-hydrogen) atoms. The number of methoxy groups -OCH3 is 3. The maximum Gasteiger partial charge on any atom is 0.523 e. The molecule has 1 aliphatic carbocycles. The lowest BCUT2D eigenvalue weighted by molar-refractivity contribution is -0.184. The van der Waals surface area contributed by atoms with Crippen molar-refractivity contribution in [3.63, 3.8) is 0 Å². The van der Waals surface area contributed by atoms with Gasteiger partial charge in [0.25, 0.3) is 11.7 Å². The van der Waals surface area contributed by atoms with E-state index in [4.69, 9.17) is 23.7 Å². The van der Waals surface area contributed by atoms with Crippen LogP contribution in [-0.4, -0.2) is 135 Å². The molecule has 19 heteroatoms. The number of Topliss-reactive ketones (excluding diaryl/α,β-unsaturated/α-hetero) is 3. The van der Waals surface area contributed by atoms with Crippen molar-refractivity contribution < 1.29 is 78.5 Å². The van der Waals surface area contributed by atoms with Crippen LogP contribution in [0.5, 0.6) is 0 Å². The summed E-state index contributed by atoms with van der Waals surface area (Å²) in [7, 11) is -1.73. The predicted octanol–water partition coefficient (Wildman–Crippen LogP) is 8.12. The van der Waals surface area contributed by atoms with E-state index in [0.717, 1.165) is 5.57 Å². The molecule has 2 saturated heterocycles. The molecular weight excluding hydrogens is 964 g/mol. The number of carbonyl (C=O) groups excluding carboxylic acids is 5. The summed E-state index contributed by atoms with van der Waals surface area (Å²) in [5, 5.41) is 11.5. The molecule has 4 aliphatic rings. The number of ether oxygens (including phenoxy) is 5. The van der Waals surface area contributed by atoms with E-state index >= 15 is 0 Å². The van der Waals surface area contributed by atoms with E-state index in [1.54, 1.807) is 41.7 Å². The molecule has 1 saturated carbocycles. The molecule has 4 unspecified atom stereocenters. The molecule has 408 valence electrons. The van der Waals surface area contributed by atoms with Crippen LogP contribution in [0.15, 0.2) is 47.6 Å². The van der Waals surface area contributed by atoms with E-state index in [1.165, 1.54) is 25.2 Å². The highest BCUT2D eigenvalue weighted by Gasteiger charge is 2.52. The molecule has 15 atom stereocenters. The fraction of sp³-hybridized carbons (Fsp3) is 0.755. The number of aliphatic hydroxyl groups is 1. The third-order valence-electron chi connectivity index (χ3n) is 15.5. The average Bonchev–Trinajstić information content (AvgIpc) is 3.32. The van der Waals surface area contributed by atoms with Gasteiger partial charge in [0, 0.05) is 52.6 Å². The molecule has 3 aliphatic heterocycles. The maximum atomic E-state index is 14.5. The molecule has 2 bridgehead atoms. The number of hydrogen-bond donors (Lipinski definition) is 1. The van der Waals surface area contributed by atoms with Crippen molar-refractivity contribution in [1.29, 1.82) is 0 Å². The van der Waals surface area contributed by atoms with Gasteiger partial charge in [0.15, 0.2) is 5.78 Å². The van der Waals surface area contributed by atoms with E-state index < -0.39 is 99.3 Å². The second-order valence-electron chi connectivity index (χ2n) is 21.0. The summed E-state index contributed by atoms with van der Waals surface area (Å²) >= 11 is 0. The SMILES string of the molecule is COC1CC(C[C@H](C)[C@@H]2CC(=O)[C@H](C)/C=C(\C)C(O)[C@@H](OC)C(=O)[C@H](C)C[C@H](C)/C=C/C=C/C=C(\C)[C@@H](OC)C[C@@H]3CC[C@@H](C)[C@@](C)(O3)C(=O)C(=O)N3CCCC[C@H]3C(=O)O2)CCC1OS(=O)(=O)C(F)(F)F. The Balaban J connectivity index is 1.70. The van der Waals surface area contributed by atoms with Crippen LogP contribution < -0.4 is 0 Å². The van der Waals surface area contributed by atoms with Gasteiger partial charge in [0.1, 0.15) is 41.8 Å². The van der Waals surface area contributed by atoms with Crippen LogP contribution >= 0.6 is 0 Å². The minimum Gasteiger partial charge on any atom is -0.460 e. The average molecular weight is 1040 g/mol. The second kappa shape index (κ2) is 26.8. The monoisotopic (exact) mass is 1040 g/mol. The number of alkyl halides is 3. The van der Waals surface area contributed by atoms with Crippen molar-refractivity contribution in [2.45, 2.75) is 192 Å². The van der Waals surface area contributed by atoms with Gasteiger partial charge in [-0.25, -0.2) is 4.79 Å². The van der Waals surface area contributed by atoms with Crippen molar-refractivity contribution in [2.75, 3.05) is 27.9 Å². The maximum absolute atomic E-state index is 14.5. The van der Waals surface area contributed by atoms with Crippen molar-refractivity contribution in [2.24, 2.45) is 35.5 Å². The highest BCUT2D eigenvalue weighted by atomic mass is 32.2. The molecule has 0 aromatic heterocycles. The summed E-state index contributed by atoms with van der Waals surface area (Å²) in [6.45, 7) is 14.2. The summed E-state index contributed by atoms with van der Waals surface area (Å²) < 4.78 is 97.8. The van der Waals surface area contributed by atoms with Crippen LogP contribution in [0.4, 0.5) is 13.2 Å². The number of ketones is 3. The summed E-state index contributed by atoms with van der Waals surface area (Å²) in [6.07, 6.45) is 7.69. The molecule has 3 fully saturated rings. The minimum absolute atomic E-state index is 0.0159. The lowest BCUT2D eigenvalue weighted by Crippen LogP contribution is -2.59. The van der Waals surface area contributed by atoms with Gasteiger partial charge in [-0.3, -0.25) is 23.4 Å². The molecule has 3 heterocycles. The van der Waals surface area contributed by atoms with Gasteiger partial charge in [-0.15, -0.1) is 0 Å². The van der Waals surface area contributed by atoms with E-state index in [0.29, 0.717) is 44.1 Å². The highest BCUT2D eigenvalue weighted by Crippen LogP contribution is 2.40. The van der Waals surface area contributed by atoms with Crippen LogP contribution in [0.1, 0.15) is 132 Å². The Morgan fingerprint density at radius 2 is 1.56 bits per heavy atom. The zero-order valence-electron chi connectivity index (χ0n) is 44.0. The number of esters is 1. The topological polar surface area (TPSA) is 198 Å². The lowest BCUT2D eigenvalue weighted by Gasteiger charge is -2.44. The third kappa shape index (κ3) is 15.7. The Labute approximate surface area is 424 Å². The first-order valence-corrected chi connectivity index (χ1v) is 26.9. The smallest absolute Gasteiger partial charge is 0.460 e. The zero-order chi connectivity index (χ0) is 53.9. The van der Waals surface area contributed by atoms with Gasteiger partial charge in [0.05, 0.1) is 18.3 Å². The van der Waals surface area contributed by atoms with Crippen LogP contribution in [0, 0.1) is 35.5 Å². The van der Waals surface area contributed by atoms with Gasteiger partial charge in [-0.05, 0) is 120 Å². The number of aliphatic hydroxyl groups excluding tert-OH is 1. The molecule has 0 aromatic rings. The second-order valence-corrected chi connectivity index (χ2v) is 22.5. The zero-order valence-corrected chi connectivity index (χ0v) is 44.8. The fourth-order valence-corrected chi connectivity index (χ4v) is 11.3. The van der Waals surface area contributed by atoms with Crippen LogP contribution in [0.2, 0.25) is 0 Å². The van der Waals surface area contributed by atoms with E-state index in [9.17, 15) is 50.7 Å². The van der Waals surface area contributed by atoms with E-state index in [-0.39, 0.29) is 80.5 Å². The van der Waals surface area contributed by atoms with Gasteiger partial charge < -0.3 is 33.7 Å². The number of carbonyl (C=O) groups is 5. The van der Waals surface area contributed by atoms with E-state index in [1.807, 2.05) is 51.2 Å². The molecule has 0 radical (unpaired) electrons.